The lowest BCUT2D eigenvalue weighted by Gasteiger charge is -2.47. The fourth-order valence-electron chi connectivity index (χ4n) is 2.88. The zero-order chi connectivity index (χ0) is 11.5. The monoisotopic (exact) mass is 226 g/mol. The lowest BCUT2D eigenvalue weighted by molar-refractivity contribution is -0.0779. The Hall–Kier alpha value is -0.120. The number of ether oxygens (including phenoxy) is 1. The van der Waals surface area contributed by atoms with Crippen LogP contribution in [0.2, 0.25) is 0 Å². The highest BCUT2D eigenvalue weighted by molar-refractivity contribution is 4.89. The molecule has 3 heteroatoms. The van der Waals surface area contributed by atoms with Crippen molar-refractivity contribution >= 4 is 0 Å². The van der Waals surface area contributed by atoms with Gasteiger partial charge in [0.15, 0.2) is 0 Å². The van der Waals surface area contributed by atoms with Gasteiger partial charge in [-0.1, -0.05) is 0 Å². The van der Waals surface area contributed by atoms with E-state index in [0.717, 1.165) is 12.6 Å². The van der Waals surface area contributed by atoms with Crippen molar-refractivity contribution in [3.8, 4) is 0 Å². The molecule has 3 nitrogen and oxygen atoms in total. The summed E-state index contributed by atoms with van der Waals surface area (Å²) in [6, 6.07) is 1.54. The van der Waals surface area contributed by atoms with E-state index in [9.17, 15) is 0 Å². The van der Waals surface area contributed by atoms with E-state index < -0.39 is 0 Å². The van der Waals surface area contributed by atoms with Gasteiger partial charge in [0.2, 0.25) is 0 Å². The molecular formula is C13H26N2O. The van der Waals surface area contributed by atoms with Crippen molar-refractivity contribution in [2.45, 2.75) is 51.8 Å². The molecule has 2 heterocycles. The van der Waals surface area contributed by atoms with E-state index in [1.807, 2.05) is 0 Å². The molecule has 16 heavy (non-hydrogen) atoms. The van der Waals surface area contributed by atoms with Crippen LogP contribution in [0.5, 0.6) is 0 Å². The number of piperidine rings is 1. The van der Waals surface area contributed by atoms with Crippen LogP contribution in [0.15, 0.2) is 0 Å². The third-order valence-electron chi connectivity index (χ3n) is 4.02. The predicted octanol–water partition coefficient (Wildman–Crippen LogP) is 1.58. The molecule has 2 fully saturated rings. The van der Waals surface area contributed by atoms with E-state index in [-0.39, 0.29) is 0 Å². The van der Waals surface area contributed by atoms with E-state index in [4.69, 9.17) is 4.74 Å². The molecule has 0 unspecified atom stereocenters. The highest BCUT2D eigenvalue weighted by Crippen LogP contribution is 2.23. The van der Waals surface area contributed by atoms with Crippen LogP contribution in [0.4, 0.5) is 0 Å². The van der Waals surface area contributed by atoms with E-state index in [1.165, 1.54) is 39.0 Å². The van der Waals surface area contributed by atoms with Crippen LogP contribution in [0.3, 0.4) is 0 Å². The van der Waals surface area contributed by atoms with Gasteiger partial charge in [-0.05, 0) is 46.7 Å². The zero-order valence-corrected chi connectivity index (χ0v) is 11.0. The third kappa shape index (κ3) is 2.76. The fourth-order valence-corrected chi connectivity index (χ4v) is 2.88. The largest absolute Gasteiger partial charge is 0.376 e. The SMILES string of the molecule is CCOC1CN(C2CCN(C(C)C)CC2)C1. The lowest BCUT2D eigenvalue weighted by atomic mass is 9.98. The first-order chi connectivity index (χ1) is 7.70. The van der Waals surface area contributed by atoms with Gasteiger partial charge in [0.05, 0.1) is 6.10 Å². The molecule has 0 radical (unpaired) electrons. The Bertz CT molecular complexity index is 206. The summed E-state index contributed by atoms with van der Waals surface area (Å²) in [4.78, 5) is 5.20. The van der Waals surface area contributed by atoms with Crippen molar-refractivity contribution in [3.63, 3.8) is 0 Å². The Labute approximate surface area is 99.7 Å². The molecule has 0 aliphatic carbocycles. The molecule has 2 aliphatic rings. The van der Waals surface area contributed by atoms with Crippen LogP contribution in [0, 0.1) is 0 Å². The lowest BCUT2D eigenvalue weighted by Crippen LogP contribution is -2.59. The first kappa shape index (κ1) is 12.3. The number of likely N-dealkylation sites (tertiary alicyclic amines) is 2. The van der Waals surface area contributed by atoms with Gasteiger partial charge in [0.1, 0.15) is 0 Å². The average molecular weight is 226 g/mol. The van der Waals surface area contributed by atoms with Crippen LogP contribution in [-0.4, -0.2) is 60.8 Å². The summed E-state index contributed by atoms with van der Waals surface area (Å²) in [5.41, 5.74) is 0. The summed E-state index contributed by atoms with van der Waals surface area (Å²) < 4.78 is 5.61. The minimum absolute atomic E-state index is 0.521. The Morgan fingerprint density at radius 3 is 2.31 bits per heavy atom. The quantitative estimate of drug-likeness (QED) is 0.724. The summed E-state index contributed by atoms with van der Waals surface area (Å²) in [5.74, 6) is 0. The third-order valence-corrected chi connectivity index (χ3v) is 4.02. The summed E-state index contributed by atoms with van der Waals surface area (Å²) in [6.07, 6.45) is 3.21. The van der Waals surface area contributed by atoms with Gasteiger partial charge in [0.25, 0.3) is 0 Å². The van der Waals surface area contributed by atoms with Gasteiger partial charge in [0, 0.05) is 31.8 Å². The van der Waals surface area contributed by atoms with Crippen LogP contribution in [0.1, 0.15) is 33.6 Å². The molecule has 2 aliphatic heterocycles. The van der Waals surface area contributed by atoms with E-state index in [2.05, 4.69) is 30.6 Å². The summed E-state index contributed by atoms with van der Waals surface area (Å²) in [5, 5.41) is 0. The number of nitrogens with zero attached hydrogens (tertiary/aromatic N) is 2. The van der Waals surface area contributed by atoms with Crippen molar-refractivity contribution in [1.29, 1.82) is 0 Å². The number of hydrogen-bond donors (Lipinski definition) is 0. The molecule has 0 atom stereocenters. The molecule has 0 aromatic carbocycles. The van der Waals surface area contributed by atoms with Gasteiger partial charge < -0.3 is 9.64 Å². The molecule has 0 aromatic rings. The summed E-state index contributed by atoms with van der Waals surface area (Å²) in [7, 11) is 0. The molecule has 0 amide bonds. The van der Waals surface area contributed by atoms with Crippen molar-refractivity contribution < 1.29 is 4.74 Å². The maximum Gasteiger partial charge on any atom is 0.0828 e. The Balaban J connectivity index is 1.67. The molecule has 0 saturated carbocycles. The van der Waals surface area contributed by atoms with Gasteiger partial charge in [-0.25, -0.2) is 0 Å². The van der Waals surface area contributed by atoms with Crippen LogP contribution in [0.25, 0.3) is 0 Å². The maximum absolute atomic E-state index is 5.61. The smallest absolute Gasteiger partial charge is 0.0828 e. The van der Waals surface area contributed by atoms with E-state index in [1.54, 1.807) is 0 Å². The average Bonchev–Trinajstić information content (AvgIpc) is 2.23. The predicted molar refractivity (Wildman–Crippen MR) is 66.7 cm³/mol. The van der Waals surface area contributed by atoms with Crippen LogP contribution in [-0.2, 0) is 4.74 Å². The Morgan fingerprint density at radius 1 is 1.19 bits per heavy atom. The van der Waals surface area contributed by atoms with Gasteiger partial charge >= 0.3 is 0 Å². The van der Waals surface area contributed by atoms with Crippen molar-refractivity contribution in [2.24, 2.45) is 0 Å². The van der Waals surface area contributed by atoms with E-state index in [0.29, 0.717) is 12.1 Å². The van der Waals surface area contributed by atoms with Crippen molar-refractivity contribution in [2.75, 3.05) is 32.8 Å². The van der Waals surface area contributed by atoms with Gasteiger partial charge in [-0.15, -0.1) is 0 Å². The zero-order valence-electron chi connectivity index (χ0n) is 11.0. The van der Waals surface area contributed by atoms with Crippen LogP contribution < -0.4 is 0 Å². The Morgan fingerprint density at radius 2 is 1.81 bits per heavy atom. The molecule has 2 rings (SSSR count). The van der Waals surface area contributed by atoms with Crippen molar-refractivity contribution in [1.82, 2.24) is 9.80 Å². The standard InChI is InChI=1S/C13H26N2O/c1-4-16-13-9-15(10-13)12-5-7-14(8-6-12)11(2)3/h11-13H,4-10H2,1-3H3. The summed E-state index contributed by atoms with van der Waals surface area (Å²) in [6.45, 7) is 12.4. The normalized spacial score (nSPS) is 26.2. The topological polar surface area (TPSA) is 15.7 Å². The van der Waals surface area contributed by atoms with Gasteiger partial charge in [-0.3, -0.25) is 4.90 Å². The van der Waals surface area contributed by atoms with Gasteiger partial charge in [-0.2, -0.15) is 0 Å². The number of hydrogen-bond acceptors (Lipinski definition) is 3. The second-order valence-corrected chi connectivity index (χ2v) is 5.39. The second-order valence-electron chi connectivity index (χ2n) is 5.39. The molecule has 0 N–H and O–H groups in total. The molecular weight excluding hydrogens is 200 g/mol. The number of rotatable bonds is 4. The minimum atomic E-state index is 0.521. The molecule has 0 bridgehead atoms. The van der Waals surface area contributed by atoms with Crippen LogP contribution >= 0.6 is 0 Å². The first-order valence-corrected chi connectivity index (χ1v) is 6.80. The molecule has 94 valence electrons. The highest BCUT2D eigenvalue weighted by atomic mass is 16.5. The fraction of sp³-hybridized carbons (Fsp3) is 1.00. The summed E-state index contributed by atoms with van der Waals surface area (Å²) >= 11 is 0. The highest BCUT2D eigenvalue weighted by Gasteiger charge is 2.34. The molecule has 0 aromatic heterocycles. The Kier molecular flexibility index (Phi) is 4.22. The maximum atomic E-state index is 5.61. The molecule has 2 saturated heterocycles. The second kappa shape index (κ2) is 5.48. The van der Waals surface area contributed by atoms with Crippen molar-refractivity contribution in [3.05, 3.63) is 0 Å². The van der Waals surface area contributed by atoms with E-state index >= 15 is 0 Å². The minimum Gasteiger partial charge on any atom is -0.376 e. The molecule has 0 spiro atoms. The first-order valence-electron chi connectivity index (χ1n) is 6.80.